The molecule has 1 fully saturated rings. The van der Waals surface area contributed by atoms with Gasteiger partial charge in [-0.05, 0) is 35.9 Å². The summed E-state index contributed by atoms with van der Waals surface area (Å²) in [4.78, 5) is 38.3. The Morgan fingerprint density at radius 1 is 1.07 bits per heavy atom. The van der Waals surface area contributed by atoms with Crippen molar-refractivity contribution in [1.82, 2.24) is 15.8 Å². The third-order valence-electron chi connectivity index (χ3n) is 3.93. The fourth-order valence-electron chi connectivity index (χ4n) is 2.44. The number of hydrogen-bond donors (Lipinski definition) is 2. The van der Waals surface area contributed by atoms with E-state index in [-0.39, 0.29) is 16.8 Å². The first-order valence-corrected chi connectivity index (χ1v) is 10.4. The smallest absolute Gasteiger partial charge is 0.269 e. The Morgan fingerprint density at radius 3 is 2.47 bits per heavy atom. The predicted molar refractivity (Wildman–Crippen MR) is 123 cm³/mol. The fourth-order valence-corrected chi connectivity index (χ4v) is 3.78. The molecule has 152 valence electrons. The van der Waals surface area contributed by atoms with Gasteiger partial charge in [-0.15, -0.1) is 0 Å². The Bertz CT molecular complexity index is 1040. The number of hydrogen-bond acceptors (Lipinski definition) is 5. The van der Waals surface area contributed by atoms with Crippen LogP contribution >= 0.6 is 35.6 Å². The maximum Gasteiger partial charge on any atom is 0.269 e. The molecule has 0 spiro atoms. The largest absolute Gasteiger partial charge is 0.283 e. The van der Waals surface area contributed by atoms with Crippen molar-refractivity contribution < 1.29 is 14.4 Å². The van der Waals surface area contributed by atoms with Crippen molar-refractivity contribution in [2.24, 2.45) is 0 Å². The SMILES string of the molecule is O=C(CN1C(=O)/C(=C/C=C/c2ccccc2)SC1=S)NNC(=O)c1ccc(Cl)cc1. The maximum absolute atomic E-state index is 12.5. The van der Waals surface area contributed by atoms with Crippen molar-refractivity contribution >= 4 is 63.7 Å². The molecule has 0 aromatic heterocycles. The quantitative estimate of drug-likeness (QED) is 0.408. The molecule has 0 saturated carbocycles. The van der Waals surface area contributed by atoms with Gasteiger partial charge in [0.05, 0.1) is 4.91 Å². The van der Waals surface area contributed by atoms with E-state index < -0.39 is 11.8 Å². The Labute approximate surface area is 187 Å². The summed E-state index contributed by atoms with van der Waals surface area (Å²) in [7, 11) is 0. The monoisotopic (exact) mass is 457 g/mol. The lowest BCUT2D eigenvalue weighted by Gasteiger charge is -2.14. The van der Waals surface area contributed by atoms with Crippen molar-refractivity contribution in [3.8, 4) is 0 Å². The molecule has 30 heavy (non-hydrogen) atoms. The van der Waals surface area contributed by atoms with Crippen LogP contribution in [0.3, 0.4) is 0 Å². The van der Waals surface area contributed by atoms with Gasteiger partial charge in [0.25, 0.3) is 17.7 Å². The number of rotatable bonds is 5. The highest BCUT2D eigenvalue weighted by molar-refractivity contribution is 8.26. The van der Waals surface area contributed by atoms with Crippen molar-refractivity contribution in [3.05, 3.63) is 87.8 Å². The van der Waals surface area contributed by atoms with Gasteiger partial charge in [0, 0.05) is 10.6 Å². The van der Waals surface area contributed by atoms with Crippen LogP contribution in [0.2, 0.25) is 5.02 Å². The van der Waals surface area contributed by atoms with E-state index >= 15 is 0 Å². The van der Waals surface area contributed by atoms with Gasteiger partial charge in [-0.3, -0.25) is 30.1 Å². The molecule has 2 N–H and O–H groups in total. The zero-order chi connectivity index (χ0) is 21.5. The van der Waals surface area contributed by atoms with Crippen molar-refractivity contribution in [3.63, 3.8) is 0 Å². The highest BCUT2D eigenvalue weighted by Gasteiger charge is 2.33. The second kappa shape index (κ2) is 10.2. The van der Waals surface area contributed by atoms with Gasteiger partial charge in [-0.1, -0.05) is 78.1 Å². The molecule has 0 atom stereocenters. The molecule has 1 saturated heterocycles. The molecule has 6 nitrogen and oxygen atoms in total. The van der Waals surface area contributed by atoms with Crippen LogP contribution in [0.15, 0.2) is 71.7 Å². The summed E-state index contributed by atoms with van der Waals surface area (Å²) in [6.07, 6.45) is 5.28. The van der Waals surface area contributed by atoms with E-state index in [1.165, 1.54) is 17.0 Å². The molecule has 1 aliphatic heterocycles. The Hall–Kier alpha value is -2.94. The minimum absolute atomic E-state index is 0.276. The van der Waals surface area contributed by atoms with Crippen LogP contribution in [0.4, 0.5) is 0 Å². The van der Waals surface area contributed by atoms with E-state index in [0.29, 0.717) is 15.5 Å². The van der Waals surface area contributed by atoms with E-state index in [9.17, 15) is 14.4 Å². The third kappa shape index (κ3) is 5.79. The molecule has 0 radical (unpaired) electrons. The molecule has 0 aliphatic carbocycles. The summed E-state index contributed by atoms with van der Waals surface area (Å²) in [6.45, 7) is -0.300. The molecule has 0 unspecified atom stereocenters. The van der Waals surface area contributed by atoms with Crippen molar-refractivity contribution in [2.45, 2.75) is 0 Å². The number of nitrogens with one attached hydrogen (secondary N) is 2. The van der Waals surface area contributed by atoms with Crippen LogP contribution in [0, 0.1) is 0 Å². The number of thioether (sulfide) groups is 1. The first-order valence-electron chi connectivity index (χ1n) is 8.76. The number of thiocarbonyl (C=S) groups is 1. The topological polar surface area (TPSA) is 78.5 Å². The van der Waals surface area contributed by atoms with E-state index in [1.54, 1.807) is 24.3 Å². The van der Waals surface area contributed by atoms with E-state index in [4.69, 9.17) is 23.8 Å². The summed E-state index contributed by atoms with van der Waals surface area (Å²) in [5.74, 6) is -1.44. The van der Waals surface area contributed by atoms with Crippen LogP contribution in [0.1, 0.15) is 15.9 Å². The highest BCUT2D eigenvalue weighted by atomic mass is 35.5. The van der Waals surface area contributed by atoms with Gasteiger partial charge >= 0.3 is 0 Å². The molecular weight excluding hydrogens is 442 g/mol. The highest BCUT2D eigenvalue weighted by Crippen LogP contribution is 2.30. The standard InChI is InChI=1S/C21H16ClN3O3S2/c22-16-11-9-15(10-12-16)19(27)24-23-18(26)13-25-20(28)17(30-21(25)29)8-4-7-14-5-2-1-3-6-14/h1-12H,13H2,(H,23,26)(H,24,27)/b7-4+,17-8-. The average molecular weight is 458 g/mol. The van der Waals surface area contributed by atoms with Crippen LogP contribution in [0.5, 0.6) is 0 Å². The van der Waals surface area contributed by atoms with Gasteiger partial charge in [0.1, 0.15) is 10.9 Å². The van der Waals surface area contributed by atoms with Crippen LogP contribution < -0.4 is 10.9 Å². The van der Waals surface area contributed by atoms with Gasteiger partial charge in [0.2, 0.25) is 0 Å². The zero-order valence-corrected chi connectivity index (χ0v) is 17.9. The number of carbonyl (C=O) groups is 3. The molecule has 1 heterocycles. The summed E-state index contributed by atoms with van der Waals surface area (Å²) >= 11 is 12.1. The van der Waals surface area contributed by atoms with Crippen molar-refractivity contribution in [2.75, 3.05) is 6.54 Å². The third-order valence-corrected chi connectivity index (χ3v) is 5.58. The lowest BCUT2D eigenvalue weighted by atomic mass is 10.2. The lowest BCUT2D eigenvalue weighted by Crippen LogP contribution is -2.47. The molecular formula is C21H16ClN3O3S2. The van der Waals surface area contributed by atoms with Gasteiger partial charge in [-0.25, -0.2) is 0 Å². The summed E-state index contributed by atoms with van der Waals surface area (Å²) in [6, 6.07) is 15.8. The van der Waals surface area contributed by atoms with Gasteiger partial charge < -0.3 is 0 Å². The normalized spacial score (nSPS) is 15.1. The molecule has 2 aromatic carbocycles. The van der Waals surface area contributed by atoms with Gasteiger partial charge in [0.15, 0.2) is 0 Å². The number of hydrazine groups is 1. The van der Waals surface area contributed by atoms with E-state index in [0.717, 1.165) is 17.3 Å². The van der Waals surface area contributed by atoms with Crippen LogP contribution in [-0.2, 0) is 9.59 Å². The van der Waals surface area contributed by atoms with Crippen LogP contribution in [0.25, 0.3) is 6.08 Å². The number of carbonyl (C=O) groups excluding carboxylic acids is 3. The minimum atomic E-state index is -0.574. The molecule has 9 heteroatoms. The summed E-state index contributed by atoms with van der Waals surface area (Å²) in [5.41, 5.74) is 5.90. The number of allylic oxidation sites excluding steroid dienone is 2. The molecule has 2 aromatic rings. The zero-order valence-electron chi connectivity index (χ0n) is 15.5. The molecule has 0 bridgehead atoms. The first-order chi connectivity index (χ1) is 14.4. The van der Waals surface area contributed by atoms with Crippen LogP contribution in [-0.4, -0.2) is 33.5 Å². The average Bonchev–Trinajstić information content (AvgIpc) is 3.01. The molecule has 3 rings (SSSR count). The van der Waals surface area contributed by atoms with Crippen molar-refractivity contribution in [1.29, 1.82) is 0 Å². The second-order valence-corrected chi connectivity index (χ2v) is 8.18. The predicted octanol–water partition coefficient (Wildman–Crippen LogP) is 3.56. The Morgan fingerprint density at radius 2 is 1.77 bits per heavy atom. The Balaban J connectivity index is 1.53. The number of halogens is 1. The lowest BCUT2D eigenvalue weighted by molar-refractivity contribution is -0.129. The maximum atomic E-state index is 12.5. The second-order valence-electron chi connectivity index (χ2n) is 6.07. The van der Waals surface area contributed by atoms with E-state index in [2.05, 4.69) is 10.9 Å². The number of nitrogens with zero attached hydrogens (tertiary/aromatic N) is 1. The minimum Gasteiger partial charge on any atom is -0.283 e. The van der Waals surface area contributed by atoms with Gasteiger partial charge in [-0.2, -0.15) is 0 Å². The Kier molecular flexibility index (Phi) is 7.40. The number of benzene rings is 2. The number of amides is 3. The summed E-state index contributed by atoms with van der Waals surface area (Å²) in [5, 5.41) is 0.497. The molecule has 3 amide bonds. The fraction of sp³-hybridized carbons (Fsp3) is 0.0476. The molecule has 1 aliphatic rings. The summed E-state index contributed by atoms with van der Waals surface area (Å²) < 4.78 is 0.276. The van der Waals surface area contributed by atoms with E-state index in [1.807, 2.05) is 36.4 Å². The first kappa shape index (κ1) is 21.8.